The predicted molar refractivity (Wildman–Crippen MR) is 110 cm³/mol. The maximum Gasteiger partial charge on any atom is 0.282 e. The Hall–Kier alpha value is -3.69. The van der Waals surface area contributed by atoms with Gasteiger partial charge >= 0.3 is 0 Å². The molecule has 0 N–H and O–H groups in total. The summed E-state index contributed by atoms with van der Waals surface area (Å²) >= 11 is 0. The number of aromatic nitrogens is 6. The summed E-state index contributed by atoms with van der Waals surface area (Å²) in [5.41, 5.74) is 3.74. The molecular weight excluding hydrogens is 404 g/mol. The topological polar surface area (TPSA) is 81.2 Å². The Balaban J connectivity index is 1.53. The first-order chi connectivity index (χ1) is 14.9. The minimum absolute atomic E-state index is 0.247. The van der Waals surface area contributed by atoms with Crippen molar-refractivity contribution in [2.75, 3.05) is 11.4 Å². The minimum atomic E-state index is -2.67. The lowest BCUT2D eigenvalue weighted by molar-refractivity contribution is 0.146. The molecule has 5 rings (SSSR count). The molecule has 0 amide bonds. The molecular formula is C21H19F2N7O. The molecule has 0 fully saturated rings. The van der Waals surface area contributed by atoms with Crippen molar-refractivity contribution in [3.05, 3.63) is 69.7 Å². The van der Waals surface area contributed by atoms with Crippen LogP contribution in [-0.4, -0.2) is 35.9 Å². The van der Waals surface area contributed by atoms with Gasteiger partial charge in [-0.1, -0.05) is 0 Å². The molecule has 1 aliphatic rings. The summed E-state index contributed by atoms with van der Waals surface area (Å²) in [7, 11) is 1.62. The van der Waals surface area contributed by atoms with Crippen LogP contribution in [0.5, 0.6) is 0 Å². The molecule has 4 aromatic heterocycles. The fraction of sp³-hybridized carbons (Fsp3) is 0.286. The summed E-state index contributed by atoms with van der Waals surface area (Å²) in [5, 5.41) is 8.42. The fourth-order valence-corrected chi connectivity index (χ4v) is 4.00. The Labute approximate surface area is 175 Å². The fourth-order valence-electron chi connectivity index (χ4n) is 4.00. The van der Waals surface area contributed by atoms with Crippen molar-refractivity contribution in [2.45, 2.75) is 26.3 Å². The minimum Gasteiger partial charge on any atom is -0.350 e. The second-order valence-electron chi connectivity index (χ2n) is 7.61. The smallest absolute Gasteiger partial charge is 0.282 e. The highest BCUT2D eigenvalue weighted by molar-refractivity contribution is 5.66. The van der Waals surface area contributed by atoms with E-state index in [0.29, 0.717) is 42.1 Å². The van der Waals surface area contributed by atoms with Crippen molar-refractivity contribution >= 4 is 11.5 Å². The number of nitrogens with zero attached hydrogens (tertiary/aromatic N) is 7. The Morgan fingerprint density at radius 3 is 2.81 bits per heavy atom. The van der Waals surface area contributed by atoms with Gasteiger partial charge in [-0.05, 0) is 30.2 Å². The first-order valence-corrected chi connectivity index (χ1v) is 9.81. The lowest BCUT2D eigenvalue weighted by Crippen LogP contribution is -2.33. The van der Waals surface area contributed by atoms with Crippen LogP contribution in [0.1, 0.15) is 28.9 Å². The van der Waals surface area contributed by atoms with Crippen LogP contribution >= 0.6 is 0 Å². The van der Waals surface area contributed by atoms with Gasteiger partial charge in [-0.3, -0.25) is 14.5 Å². The number of pyridine rings is 1. The zero-order valence-corrected chi connectivity index (χ0v) is 17.0. The van der Waals surface area contributed by atoms with Crippen LogP contribution in [-0.2, 0) is 20.0 Å². The highest BCUT2D eigenvalue weighted by Crippen LogP contribution is 2.32. The number of aryl methyl sites for hydroxylation is 2. The van der Waals surface area contributed by atoms with E-state index in [1.807, 2.05) is 19.1 Å². The molecule has 1 aliphatic heterocycles. The average molecular weight is 423 g/mol. The summed E-state index contributed by atoms with van der Waals surface area (Å²) in [6.45, 7) is 3.12. The Bertz CT molecular complexity index is 1360. The lowest BCUT2D eigenvalue weighted by atomic mass is 10.00. The summed E-state index contributed by atoms with van der Waals surface area (Å²) in [6, 6.07) is 5.09. The van der Waals surface area contributed by atoms with Crippen LogP contribution in [0.4, 0.5) is 14.6 Å². The quantitative estimate of drug-likeness (QED) is 0.504. The van der Waals surface area contributed by atoms with Crippen LogP contribution in [0.25, 0.3) is 16.8 Å². The molecule has 0 bridgehead atoms. The zero-order chi connectivity index (χ0) is 21.7. The lowest BCUT2D eigenvalue weighted by Gasteiger charge is -2.30. The SMILES string of the molecule is Cc1cc2nccc(=O)n2nc1N1CCc2ncc(-c3cn(C)nc3C(F)F)cc2C1. The van der Waals surface area contributed by atoms with Gasteiger partial charge in [0, 0.05) is 68.0 Å². The number of rotatable bonds is 3. The zero-order valence-electron chi connectivity index (χ0n) is 17.0. The third kappa shape index (κ3) is 3.33. The maximum absolute atomic E-state index is 13.4. The van der Waals surface area contributed by atoms with Crippen LogP contribution in [0.3, 0.4) is 0 Å². The van der Waals surface area contributed by atoms with Gasteiger partial charge in [0.25, 0.3) is 12.0 Å². The van der Waals surface area contributed by atoms with Crippen LogP contribution < -0.4 is 10.5 Å². The van der Waals surface area contributed by atoms with E-state index >= 15 is 0 Å². The predicted octanol–water partition coefficient (Wildman–Crippen LogP) is 2.69. The van der Waals surface area contributed by atoms with E-state index in [1.165, 1.54) is 21.5 Å². The third-order valence-corrected chi connectivity index (χ3v) is 5.46. The highest BCUT2D eigenvalue weighted by atomic mass is 19.3. The molecule has 8 nitrogen and oxygen atoms in total. The van der Waals surface area contributed by atoms with Gasteiger partial charge in [0.15, 0.2) is 11.5 Å². The molecule has 0 aromatic carbocycles. The Morgan fingerprint density at radius 2 is 2.00 bits per heavy atom. The molecule has 5 heterocycles. The molecule has 31 heavy (non-hydrogen) atoms. The molecule has 158 valence electrons. The van der Waals surface area contributed by atoms with Gasteiger partial charge in [0.05, 0.1) is 0 Å². The van der Waals surface area contributed by atoms with Gasteiger partial charge in [-0.25, -0.2) is 13.8 Å². The summed E-state index contributed by atoms with van der Waals surface area (Å²) in [4.78, 5) is 23.0. The maximum atomic E-state index is 13.4. The number of alkyl halides is 2. The van der Waals surface area contributed by atoms with E-state index < -0.39 is 6.43 Å². The van der Waals surface area contributed by atoms with Crippen LogP contribution in [0, 0.1) is 6.92 Å². The van der Waals surface area contributed by atoms with Gasteiger partial charge in [0.2, 0.25) is 0 Å². The normalized spacial score (nSPS) is 13.8. The van der Waals surface area contributed by atoms with E-state index in [1.54, 1.807) is 19.4 Å². The largest absolute Gasteiger partial charge is 0.350 e. The molecule has 0 saturated heterocycles. The van der Waals surface area contributed by atoms with Crippen molar-refractivity contribution < 1.29 is 8.78 Å². The molecule has 0 radical (unpaired) electrons. The summed E-state index contributed by atoms with van der Waals surface area (Å²) < 4.78 is 29.5. The monoisotopic (exact) mass is 423 g/mol. The molecule has 0 aliphatic carbocycles. The van der Waals surface area contributed by atoms with E-state index in [9.17, 15) is 13.6 Å². The molecule has 0 saturated carbocycles. The first kappa shape index (κ1) is 19.3. The number of anilines is 1. The van der Waals surface area contributed by atoms with Crippen LogP contribution in [0.2, 0.25) is 0 Å². The van der Waals surface area contributed by atoms with Crippen molar-refractivity contribution in [1.82, 2.24) is 29.4 Å². The van der Waals surface area contributed by atoms with Gasteiger partial charge in [-0.15, -0.1) is 5.10 Å². The third-order valence-electron chi connectivity index (χ3n) is 5.46. The van der Waals surface area contributed by atoms with Gasteiger partial charge in [-0.2, -0.15) is 9.61 Å². The molecule has 4 aromatic rings. The molecule has 10 heteroatoms. The second-order valence-corrected chi connectivity index (χ2v) is 7.61. The summed E-state index contributed by atoms with van der Waals surface area (Å²) in [5.74, 6) is 0.688. The van der Waals surface area contributed by atoms with Crippen molar-refractivity contribution in [3.8, 4) is 11.1 Å². The van der Waals surface area contributed by atoms with E-state index in [2.05, 4.69) is 25.1 Å². The van der Waals surface area contributed by atoms with Gasteiger partial charge < -0.3 is 4.90 Å². The number of fused-ring (bicyclic) bond motifs is 2. The standard InChI is InChI=1S/C21H19F2N7O/c1-12-7-17-24-5-3-18(31)30(17)27-21(12)29-6-4-16-14(10-29)8-13(9-25-16)15-11-28(2)26-19(15)20(22)23/h3,5,7-9,11,20H,4,6,10H2,1-2H3. The Morgan fingerprint density at radius 1 is 1.16 bits per heavy atom. The number of hydrogen-bond donors (Lipinski definition) is 0. The number of hydrogen-bond acceptors (Lipinski definition) is 6. The highest BCUT2D eigenvalue weighted by Gasteiger charge is 2.24. The van der Waals surface area contributed by atoms with E-state index in [4.69, 9.17) is 0 Å². The van der Waals surface area contributed by atoms with Crippen molar-refractivity contribution in [1.29, 1.82) is 0 Å². The molecule has 0 spiro atoms. The first-order valence-electron chi connectivity index (χ1n) is 9.81. The number of halogens is 2. The molecule has 0 atom stereocenters. The average Bonchev–Trinajstić information content (AvgIpc) is 3.15. The van der Waals surface area contributed by atoms with Crippen molar-refractivity contribution in [3.63, 3.8) is 0 Å². The van der Waals surface area contributed by atoms with E-state index in [0.717, 1.165) is 16.8 Å². The van der Waals surface area contributed by atoms with E-state index in [-0.39, 0.29) is 11.3 Å². The van der Waals surface area contributed by atoms with Crippen molar-refractivity contribution in [2.24, 2.45) is 7.05 Å². The summed E-state index contributed by atoms with van der Waals surface area (Å²) in [6.07, 6.45) is 2.70. The van der Waals surface area contributed by atoms with Gasteiger partial charge in [0.1, 0.15) is 5.69 Å². The second kappa shape index (κ2) is 7.22. The molecule has 0 unspecified atom stereocenters. The van der Waals surface area contributed by atoms with Crippen LogP contribution in [0.15, 0.2) is 41.6 Å². The Kier molecular flexibility index (Phi) is 4.49.